The molecule has 0 bridgehead atoms. The van der Waals surface area contributed by atoms with Crippen LogP contribution in [-0.4, -0.2) is 56.1 Å². The normalized spacial score (nSPS) is 11.4. The maximum Gasteiger partial charge on any atom is 0.228 e. The van der Waals surface area contributed by atoms with Crippen molar-refractivity contribution < 1.29 is 0 Å². The Hall–Kier alpha value is -3.56. The molecular weight excluding hydrogens is 861 g/mol. The van der Waals surface area contributed by atoms with Crippen LogP contribution in [-0.2, 0) is 0 Å². The van der Waals surface area contributed by atoms with E-state index < -0.39 is 0 Å². The van der Waals surface area contributed by atoms with Gasteiger partial charge in [0.2, 0.25) is 23.8 Å². The van der Waals surface area contributed by atoms with Gasteiger partial charge in [0.15, 0.2) is 11.6 Å². The lowest BCUT2D eigenvalue weighted by molar-refractivity contribution is 0.559. The first-order valence-corrected chi connectivity index (χ1v) is 30.2. The number of nitrogens with one attached hydrogen (secondary N) is 4. The molecule has 0 fully saturated rings. The highest BCUT2D eigenvalue weighted by molar-refractivity contribution is 5.68. The van der Waals surface area contributed by atoms with Gasteiger partial charge < -0.3 is 21.3 Å². The molecule has 0 radical (unpaired) electrons. The van der Waals surface area contributed by atoms with E-state index in [9.17, 15) is 0 Å². The molecule has 70 heavy (non-hydrogen) atoms. The molecule has 0 amide bonds. The first-order chi connectivity index (χ1) is 34.7. The van der Waals surface area contributed by atoms with E-state index in [1.54, 1.807) is 0 Å². The van der Waals surface area contributed by atoms with Crippen LogP contribution < -0.4 is 21.3 Å². The Morgan fingerprint density at radius 3 is 0.671 bits per heavy atom. The van der Waals surface area contributed by atoms with Crippen molar-refractivity contribution in [3.8, 4) is 22.8 Å². The fourth-order valence-electron chi connectivity index (χ4n) is 9.37. The maximum atomic E-state index is 5.00. The number of hydrogen-bond donors (Lipinski definition) is 4. The van der Waals surface area contributed by atoms with Crippen LogP contribution in [0.25, 0.3) is 22.8 Å². The molecule has 10 heteroatoms. The Balaban J connectivity index is 1.67. The lowest BCUT2D eigenvalue weighted by Crippen LogP contribution is -2.12. The summed E-state index contributed by atoms with van der Waals surface area (Å²) in [7, 11) is 0. The van der Waals surface area contributed by atoms with E-state index >= 15 is 0 Å². The minimum atomic E-state index is 0.633. The number of nitrogens with zero attached hydrogens (tertiary/aromatic N) is 6. The van der Waals surface area contributed by atoms with E-state index in [4.69, 9.17) is 29.9 Å². The number of unbranched alkanes of at least 4 members (excludes halogenated alkanes) is 36. The van der Waals surface area contributed by atoms with Crippen molar-refractivity contribution in [1.82, 2.24) is 29.9 Å². The number of benzene rings is 1. The summed E-state index contributed by atoms with van der Waals surface area (Å²) in [6.45, 7) is 12.6. The van der Waals surface area contributed by atoms with Crippen LogP contribution in [0.4, 0.5) is 23.8 Å². The molecule has 2 aromatic heterocycles. The molecule has 2 heterocycles. The molecule has 0 aliphatic heterocycles. The number of hydrogen-bond acceptors (Lipinski definition) is 10. The predicted molar refractivity (Wildman–Crippen MR) is 305 cm³/mol. The second-order valence-electron chi connectivity index (χ2n) is 20.6. The highest BCUT2D eigenvalue weighted by Gasteiger charge is 2.14. The van der Waals surface area contributed by atoms with Gasteiger partial charge in [0.05, 0.1) is 0 Å². The van der Waals surface area contributed by atoms with Gasteiger partial charge in [-0.15, -0.1) is 0 Å². The van der Waals surface area contributed by atoms with Gasteiger partial charge >= 0.3 is 0 Å². The molecule has 398 valence electrons. The first kappa shape index (κ1) is 60.7. The smallest absolute Gasteiger partial charge is 0.228 e. The zero-order valence-electron chi connectivity index (χ0n) is 46.1. The topological polar surface area (TPSA) is 125 Å². The van der Waals surface area contributed by atoms with Gasteiger partial charge in [0.25, 0.3) is 0 Å². The number of rotatable bonds is 50. The molecule has 0 saturated carbocycles. The highest BCUT2D eigenvalue weighted by Crippen LogP contribution is 2.26. The van der Waals surface area contributed by atoms with Crippen LogP contribution in [0.3, 0.4) is 0 Å². The van der Waals surface area contributed by atoms with Gasteiger partial charge in [-0.25, -0.2) is 0 Å². The first-order valence-electron chi connectivity index (χ1n) is 30.2. The van der Waals surface area contributed by atoms with E-state index in [1.165, 1.54) is 231 Å². The summed E-state index contributed by atoms with van der Waals surface area (Å²) < 4.78 is 0. The SMILES string of the molecule is CCCCCCCCCCCCNc1nc(NCCCCCCCCCCCC)nc(-c2cccc(-c3nc(NCCCCCCCCCCCC)nc(NCCCCCCCCCCCC)n3)c2)n1. The van der Waals surface area contributed by atoms with Crippen LogP contribution in [0.1, 0.15) is 285 Å². The molecule has 0 saturated heterocycles. The molecule has 0 aliphatic carbocycles. The molecule has 4 N–H and O–H groups in total. The van der Waals surface area contributed by atoms with Gasteiger partial charge in [0.1, 0.15) is 0 Å². The highest BCUT2D eigenvalue weighted by atomic mass is 15.2. The van der Waals surface area contributed by atoms with Crippen molar-refractivity contribution in [2.75, 3.05) is 47.4 Å². The van der Waals surface area contributed by atoms with Crippen molar-refractivity contribution in [1.29, 1.82) is 0 Å². The van der Waals surface area contributed by atoms with Crippen molar-refractivity contribution in [2.24, 2.45) is 0 Å². The van der Waals surface area contributed by atoms with Gasteiger partial charge in [-0.1, -0.05) is 277 Å². The van der Waals surface area contributed by atoms with E-state index in [-0.39, 0.29) is 0 Å². The third kappa shape index (κ3) is 31.7. The average Bonchev–Trinajstić information content (AvgIpc) is 3.38. The maximum absolute atomic E-state index is 5.00. The number of aromatic nitrogens is 6. The lowest BCUT2D eigenvalue weighted by atomic mass is 10.1. The summed E-state index contributed by atoms with van der Waals surface area (Å²) in [6.07, 6.45) is 52.7. The van der Waals surface area contributed by atoms with Gasteiger partial charge in [-0.3, -0.25) is 0 Å². The molecule has 0 aliphatic rings. The van der Waals surface area contributed by atoms with Crippen molar-refractivity contribution in [3.05, 3.63) is 24.3 Å². The molecule has 3 aromatic rings. The second-order valence-corrected chi connectivity index (χ2v) is 20.6. The largest absolute Gasteiger partial charge is 0.354 e. The Bertz CT molecular complexity index is 1430. The fraction of sp³-hybridized carbons (Fsp3) is 0.800. The van der Waals surface area contributed by atoms with Crippen LogP contribution in [0.5, 0.6) is 0 Å². The van der Waals surface area contributed by atoms with Gasteiger partial charge in [0, 0.05) is 37.3 Å². The molecule has 3 rings (SSSR count). The Morgan fingerprint density at radius 1 is 0.257 bits per heavy atom. The van der Waals surface area contributed by atoms with Crippen molar-refractivity contribution in [3.63, 3.8) is 0 Å². The summed E-state index contributed by atoms with van der Waals surface area (Å²) in [5.74, 6) is 3.84. The van der Waals surface area contributed by atoms with E-state index in [1.807, 2.05) is 0 Å². The molecule has 0 atom stereocenters. The second kappa shape index (κ2) is 44.2. The third-order valence-corrected chi connectivity index (χ3v) is 13.9. The summed E-state index contributed by atoms with van der Waals surface area (Å²) in [4.78, 5) is 29.7. The molecule has 0 unspecified atom stereocenters. The monoisotopic (exact) mass is 969 g/mol. The summed E-state index contributed by atoms with van der Waals surface area (Å²) in [6, 6.07) is 8.38. The molecule has 10 nitrogen and oxygen atoms in total. The van der Waals surface area contributed by atoms with Crippen molar-refractivity contribution in [2.45, 2.75) is 285 Å². The van der Waals surface area contributed by atoms with Gasteiger partial charge in [-0.05, 0) is 31.7 Å². The number of anilines is 4. The van der Waals surface area contributed by atoms with Crippen LogP contribution >= 0.6 is 0 Å². The van der Waals surface area contributed by atoms with Crippen LogP contribution in [0.15, 0.2) is 24.3 Å². The van der Waals surface area contributed by atoms with E-state index in [0.717, 1.165) is 63.0 Å². The molecule has 1 aromatic carbocycles. The predicted octanol–water partition coefficient (Wildman–Crippen LogP) is 18.7. The van der Waals surface area contributed by atoms with E-state index in [0.29, 0.717) is 35.4 Å². The Labute approximate surface area is 431 Å². The fourth-order valence-corrected chi connectivity index (χ4v) is 9.37. The van der Waals surface area contributed by atoms with Crippen LogP contribution in [0.2, 0.25) is 0 Å². The summed E-state index contributed by atoms with van der Waals surface area (Å²) in [5.41, 5.74) is 1.84. The third-order valence-electron chi connectivity index (χ3n) is 13.9. The zero-order valence-corrected chi connectivity index (χ0v) is 46.1. The molecule has 0 spiro atoms. The Kier molecular flexibility index (Phi) is 38.3. The van der Waals surface area contributed by atoms with Gasteiger partial charge in [-0.2, -0.15) is 29.9 Å². The van der Waals surface area contributed by atoms with Crippen molar-refractivity contribution >= 4 is 23.8 Å². The van der Waals surface area contributed by atoms with Crippen LogP contribution in [0, 0.1) is 0 Å². The molecular formula is C60H108N10. The standard InChI is InChI=1S/C60H108N10/c1-5-9-13-17-21-25-29-33-37-41-48-61-57-65-55(66-58(69-57)62-49-42-38-34-30-26-22-18-14-10-6-2)53-46-45-47-54(52-53)56-67-59(63-50-43-39-35-31-27-23-19-15-11-7-3)70-60(68-56)64-51-44-40-36-32-28-24-20-16-12-8-4/h45-47,52H,5-44,48-51H2,1-4H3,(H2,61,62,65,66,69)(H2,63,64,67,68,70). The average molecular weight is 970 g/mol. The Morgan fingerprint density at radius 2 is 0.457 bits per heavy atom. The summed E-state index contributed by atoms with van der Waals surface area (Å²) in [5, 5.41) is 14.3. The lowest BCUT2D eigenvalue weighted by Gasteiger charge is -2.12. The minimum Gasteiger partial charge on any atom is -0.354 e. The van der Waals surface area contributed by atoms with E-state index in [2.05, 4.69) is 73.2 Å². The summed E-state index contributed by atoms with van der Waals surface area (Å²) >= 11 is 0. The quantitative estimate of drug-likeness (QED) is 0.0406. The minimum absolute atomic E-state index is 0.633. The zero-order chi connectivity index (χ0) is 49.6.